The van der Waals surface area contributed by atoms with Crippen molar-refractivity contribution in [2.75, 3.05) is 0 Å². The molecule has 0 aliphatic rings. The number of hydrogen-bond donors (Lipinski definition) is 1. The first-order valence-corrected chi connectivity index (χ1v) is 5.59. The summed E-state index contributed by atoms with van der Waals surface area (Å²) in [6.45, 7) is 3.78. The van der Waals surface area contributed by atoms with E-state index in [0.29, 0.717) is 5.56 Å². The summed E-state index contributed by atoms with van der Waals surface area (Å²) in [5.74, 6) is -1.48. The maximum atomic E-state index is 11.6. The molecule has 2 aromatic heterocycles. The number of H-pyrrole nitrogens is 1. The first kappa shape index (κ1) is 12.9. The minimum Gasteiger partial charge on any atom is -0.388 e. The normalized spacial score (nSPS) is 10.2. The molecule has 7 heteroatoms. The molecule has 2 heterocycles. The summed E-state index contributed by atoms with van der Waals surface area (Å²) in [5, 5.41) is 9.25. The average molecular weight is 260 g/mol. The standard InChI is InChI=1S/C12H12N4O3/c1-7-3-9(5-13-8(7)2)4-11(17)19-12(18)10-6-14-16-15-10/h3,5-6H,4H2,1-2H3,(H,14,15,16). The van der Waals surface area contributed by atoms with Crippen molar-refractivity contribution in [3.8, 4) is 0 Å². The molecule has 0 saturated heterocycles. The molecular weight excluding hydrogens is 248 g/mol. The van der Waals surface area contributed by atoms with Gasteiger partial charge >= 0.3 is 11.9 Å². The van der Waals surface area contributed by atoms with E-state index >= 15 is 0 Å². The summed E-state index contributed by atoms with van der Waals surface area (Å²) >= 11 is 0. The van der Waals surface area contributed by atoms with Crippen LogP contribution >= 0.6 is 0 Å². The van der Waals surface area contributed by atoms with E-state index in [0.717, 1.165) is 11.3 Å². The fraction of sp³-hybridized carbons (Fsp3) is 0.250. The van der Waals surface area contributed by atoms with E-state index in [2.05, 4.69) is 25.1 Å². The number of aryl methyl sites for hydroxylation is 2. The van der Waals surface area contributed by atoms with E-state index in [4.69, 9.17) is 0 Å². The summed E-state index contributed by atoms with van der Waals surface area (Å²) in [4.78, 5) is 27.2. The van der Waals surface area contributed by atoms with Crippen molar-refractivity contribution < 1.29 is 14.3 Å². The van der Waals surface area contributed by atoms with Crippen LogP contribution < -0.4 is 0 Å². The molecule has 0 amide bonds. The first-order valence-electron chi connectivity index (χ1n) is 5.59. The van der Waals surface area contributed by atoms with Gasteiger partial charge in [0.15, 0.2) is 5.69 Å². The number of nitrogens with zero attached hydrogens (tertiary/aromatic N) is 3. The van der Waals surface area contributed by atoms with E-state index in [1.54, 1.807) is 6.20 Å². The Morgan fingerprint density at radius 1 is 1.32 bits per heavy atom. The van der Waals surface area contributed by atoms with Crippen LogP contribution in [0.5, 0.6) is 0 Å². The first-order chi connectivity index (χ1) is 9.06. The van der Waals surface area contributed by atoms with E-state index in [1.165, 1.54) is 6.20 Å². The lowest BCUT2D eigenvalue weighted by Gasteiger charge is -2.04. The lowest BCUT2D eigenvalue weighted by Crippen LogP contribution is -2.15. The number of carbonyl (C=O) groups excluding carboxylic acids is 2. The second-order valence-electron chi connectivity index (χ2n) is 4.04. The number of esters is 2. The van der Waals surface area contributed by atoms with Crippen LogP contribution in [0.2, 0.25) is 0 Å². The van der Waals surface area contributed by atoms with Crippen LogP contribution in [0.3, 0.4) is 0 Å². The number of rotatable bonds is 3. The van der Waals surface area contributed by atoms with Crippen LogP contribution in [-0.2, 0) is 16.0 Å². The smallest absolute Gasteiger partial charge is 0.368 e. The topological polar surface area (TPSA) is 97.8 Å². The van der Waals surface area contributed by atoms with Crippen molar-refractivity contribution in [1.82, 2.24) is 20.4 Å². The maximum Gasteiger partial charge on any atom is 0.368 e. The van der Waals surface area contributed by atoms with Gasteiger partial charge in [0.1, 0.15) is 0 Å². The molecule has 1 N–H and O–H groups in total. The second kappa shape index (κ2) is 5.38. The number of pyridine rings is 1. The molecular formula is C12H12N4O3. The van der Waals surface area contributed by atoms with Crippen LogP contribution in [-0.4, -0.2) is 32.3 Å². The van der Waals surface area contributed by atoms with Gasteiger partial charge in [0.05, 0.1) is 12.6 Å². The molecule has 98 valence electrons. The predicted octanol–water partition coefficient (Wildman–Crippen LogP) is 0.743. The van der Waals surface area contributed by atoms with Gasteiger partial charge in [0.2, 0.25) is 0 Å². The predicted molar refractivity (Wildman–Crippen MR) is 64.2 cm³/mol. The van der Waals surface area contributed by atoms with Gasteiger partial charge in [-0.1, -0.05) is 6.07 Å². The zero-order valence-electron chi connectivity index (χ0n) is 10.5. The minimum atomic E-state index is -0.824. The highest BCUT2D eigenvalue weighted by molar-refractivity contribution is 5.95. The third-order valence-corrected chi connectivity index (χ3v) is 2.58. The molecule has 0 aliphatic carbocycles. The fourth-order valence-corrected chi connectivity index (χ4v) is 1.46. The number of aromatic amines is 1. The summed E-state index contributed by atoms with van der Waals surface area (Å²) in [6.07, 6.45) is 2.76. The highest BCUT2D eigenvalue weighted by atomic mass is 16.6. The van der Waals surface area contributed by atoms with Crippen LogP contribution in [0.25, 0.3) is 0 Å². The molecule has 0 radical (unpaired) electrons. The number of hydrogen-bond acceptors (Lipinski definition) is 6. The van der Waals surface area contributed by atoms with Crippen molar-refractivity contribution in [3.05, 3.63) is 41.0 Å². The highest BCUT2D eigenvalue weighted by Gasteiger charge is 2.16. The number of nitrogens with one attached hydrogen (secondary N) is 1. The van der Waals surface area contributed by atoms with Crippen LogP contribution in [0.1, 0.15) is 27.3 Å². The van der Waals surface area contributed by atoms with Gasteiger partial charge in [0, 0.05) is 11.9 Å². The number of carbonyl (C=O) groups is 2. The number of ether oxygens (including phenoxy) is 1. The molecule has 0 spiro atoms. The molecule has 0 saturated carbocycles. The third-order valence-electron chi connectivity index (χ3n) is 2.58. The van der Waals surface area contributed by atoms with Gasteiger partial charge in [-0.15, -0.1) is 5.10 Å². The summed E-state index contributed by atoms with van der Waals surface area (Å²) in [5.41, 5.74) is 2.54. The van der Waals surface area contributed by atoms with Crippen molar-refractivity contribution in [2.45, 2.75) is 20.3 Å². The molecule has 0 aromatic carbocycles. The molecule has 2 rings (SSSR count). The van der Waals surface area contributed by atoms with Gasteiger partial charge in [-0.3, -0.25) is 9.78 Å². The molecule has 19 heavy (non-hydrogen) atoms. The van der Waals surface area contributed by atoms with Crippen LogP contribution in [0, 0.1) is 13.8 Å². The van der Waals surface area contributed by atoms with Crippen LogP contribution in [0.15, 0.2) is 18.5 Å². The van der Waals surface area contributed by atoms with Gasteiger partial charge in [-0.25, -0.2) is 4.79 Å². The van der Waals surface area contributed by atoms with Gasteiger partial charge in [-0.05, 0) is 25.0 Å². The van der Waals surface area contributed by atoms with Crippen LogP contribution in [0.4, 0.5) is 0 Å². The highest BCUT2D eigenvalue weighted by Crippen LogP contribution is 2.08. The zero-order chi connectivity index (χ0) is 13.8. The SMILES string of the molecule is Cc1cc(CC(=O)OC(=O)c2cn[nH]n2)cnc1C. The molecule has 0 aliphatic heterocycles. The van der Waals surface area contributed by atoms with E-state index in [9.17, 15) is 9.59 Å². The van der Waals surface area contributed by atoms with Gasteiger partial charge in [0.25, 0.3) is 0 Å². The second-order valence-corrected chi connectivity index (χ2v) is 4.04. The Kier molecular flexibility index (Phi) is 3.65. The Bertz CT molecular complexity index is 607. The Morgan fingerprint density at radius 2 is 2.11 bits per heavy atom. The Morgan fingerprint density at radius 3 is 2.74 bits per heavy atom. The molecule has 0 fully saturated rings. The summed E-state index contributed by atoms with van der Waals surface area (Å²) < 4.78 is 4.64. The Hall–Kier alpha value is -2.57. The Labute approximate surface area is 109 Å². The Balaban J connectivity index is 1.98. The van der Waals surface area contributed by atoms with Crippen molar-refractivity contribution in [1.29, 1.82) is 0 Å². The van der Waals surface area contributed by atoms with Crippen molar-refractivity contribution in [3.63, 3.8) is 0 Å². The quantitative estimate of drug-likeness (QED) is 0.645. The third kappa shape index (κ3) is 3.21. The average Bonchev–Trinajstić information content (AvgIpc) is 2.87. The van der Waals surface area contributed by atoms with E-state index < -0.39 is 11.9 Å². The summed E-state index contributed by atoms with van der Waals surface area (Å²) in [6, 6.07) is 1.84. The van der Waals surface area contributed by atoms with E-state index in [1.807, 2.05) is 19.9 Å². The lowest BCUT2D eigenvalue weighted by molar-refractivity contribution is -0.137. The molecule has 0 unspecified atom stereocenters. The van der Waals surface area contributed by atoms with Gasteiger partial charge < -0.3 is 4.74 Å². The maximum absolute atomic E-state index is 11.6. The minimum absolute atomic E-state index is 0.0162. The van der Waals surface area contributed by atoms with E-state index in [-0.39, 0.29) is 12.1 Å². The molecule has 0 bridgehead atoms. The van der Waals surface area contributed by atoms with Gasteiger partial charge in [-0.2, -0.15) is 10.3 Å². The van der Waals surface area contributed by atoms with Crippen molar-refractivity contribution >= 4 is 11.9 Å². The monoisotopic (exact) mass is 260 g/mol. The van der Waals surface area contributed by atoms with Crippen molar-refractivity contribution in [2.24, 2.45) is 0 Å². The molecule has 2 aromatic rings. The largest absolute Gasteiger partial charge is 0.388 e. The summed E-state index contributed by atoms with van der Waals surface area (Å²) in [7, 11) is 0. The number of aromatic nitrogens is 4. The fourth-order valence-electron chi connectivity index (χ4n) is 1.46. The molecule has 0 atom stereocenters. The lowest BCUT2D eigenvalue weighted by atomic mass is 10.1. The zero-order valence-corrected chi connectivity index (χ0v) is 10.5. The molecule has 7 nitrogen and oxygen atoms in total.